The summed E-state index contributed by atoms with van der Waals surface area (Å²) in [5.74, 6) is 1.06. The maximum Gasteiger partial charge on any atom is 0.205 e. The average Bonchev–Trinajstić information content (AvgIpc) is 2.97. The number of rotatable bonds is 5. The first-order valence-corrected chi connectivity index (χ1v) is 8.99. The number of piperidine rings is 1. The van der Waals surface area contributed by atoms with Crippen molar-refractivity contribution in [3.8, 4) is 0 Å². The molecular formula is C17H22FN5S. The van der Waals surface area contributed by atoms with Gasteiger partial charge in [0.1, 0.15) is 11.6 Å². The highest BCUT2D eigenvalue weighted by Crippen LogP contribution is 2.20. The van der Waals surface area contributed by atoms with Crippen molar-refractivity contribution in [3.05, 3.63) is 40.5 Å². The summed E-state index contributed by atoms with van der Waals surface area (Å²) in [7, 11) is 0. The van der Waals surface area contributed by atoms with Crippen LogP contribution in [0, 0.1) is 11.7 Å². The van der Waals surface area contributed by atoms with E-state index in [0.717, 1.165) is 24.6 Å². The first kappa shape index (κ1) is 16.9. The summed E-state index contributed by atoms with van der Waals surface area (Å²) in [6, 6.07) is 5.24. The second-order valence-corrected chi connectivity index (χ2v) is 7.12. The fourth-order valence-electron chi connectivity index (χ4n) is 2.73. The van der Waals surface area contributed by atoms with E-state index in [4.69, 9.17) is 5.73 Å². The molecule has 1 saturated heterocycles. The van der Waals surface area contributed by atoms with Gasteiger partial charge in [0, 0.05) is 17.5 Å². The molecule has 24 heavy (non-hydrogen) atoms. The highest BCUT2D eigenvalue weighted by atomic mass is 32.1. The fourth-order valence-corrected chi connectivity index (χ4v) is 3.28. The Balaban J connectivity index is 1.57. The monoisotopic (exact) mass is 347 g/mol. The largest absolute Gasteiger partial charge is 0.383 e. The molecule has 0 atom stereocenters. The summed E-state index contributed by atoms with van der Waals surface area (Å²) in [4.78, 5) is 6.36. The van der Waals surface area contributed by atoms with Crippen molar-refractivity contribution in [2.45, 2.75) is 26.3 Å². The van der Waals surface area contributed by atoms with Crippen LogP contribution in [0.5, 0.6) is 0 Å². The van der Waals surface area contributed by atoms with Crippen LogP contribution in [0.4, 0.5) is 15.3 Å². The molecule has 5 nitrogen and oxygen atoms in total. The van der Waals surface area contributed by atoms with Gasteiger partial charge in [-0.15, -0.1) is 11.3 Å². The van der Waals surface area contributed by atoms with E-state index in [0.29, 0.717) is 23.1 Å². The van der Waals surface area contributed by atoms with Crippen LogP contribution in [-0.4, -0.2) is 29.2 Å². The lowest BCUT2D eigenvalue weighted by atomic mass is 9.98. The molecule has 7 heteroatoms. The van der Waals surface area contributed by atoms with Gasteiger partial charge in [0.15, 0.2) is 0 Å². The third kappa shape index (κ3) is 4.52. The Morgan fingerprint density at radius 1 is 1.46 bits per heavy atom. The summed E-state index contributed by atoms with van der Waals surface area (Å²) in [6.45, 7) is 5.04. The quantitative estimate of drug-likeness (QED) is 0.641. The van der Waals surface area contributed by atoms with E-state index in [1.165, 1.54) is 30.2 Å². The summed E-state index contributed by atoms with van der Waals surface area (Å²) in [6.07, 6.45) is 3.96. The predicted octanol–water partition coefficient (Wildman–Crippen LogP) is 3.54. The van der Waals surface area contributed by atoms with E-state index in [-0.39, 0.29) is 5.82 Å². The molecule has 1 aliphatic heterocycles. The number of anilines is 2. The summed E-state index contributed by atoms with van der Waals surface area (Å²) in [5, 5.41) is 6.40. The van der Waals surface area contributed by atoms with Crippen LogP contribution in [0.15, 0.2) is 28.7 Å². The maximum absolute atomic E-state index is 14.3. The van der Waals surface area contributed by atoms with Gasteiger partial charge < -0.3 is 5.73 Å². The van der Waals surface area contributed by atoms with Crippen LogP contribution < -0.4 is 11.2 Å². The van der Waals surface area contributed by atoms with Crippen LogP contribution >= 0.6 is 11.3 Å². The van der Waals surface area contributed by atoms with E-state index in [9.17, 15) is 4.39 Å². The summed E-state index contributed by atoms with van der Waals surface area (Å²) >= 11 is 1.37. The minimum Gasteiger partial charge on any atom is -0.383 e. The molecule has 3 rings (SSSR count). The number of aromatic nitrogens is 1. The fraction of sp³-hybridized carbons (Fsp3) is 0.412. The molecule has 0 saturated carbocycles. The molecule has 128 valence electrons. The number of halogens is 1. The van der Waals surface area contributed by atoms with Gasteiger partial charge in [0.05, 0.1) is 6.21 Å². The van der Waals surface area contributed by atoms with Gasteiger partial charge in [-0.25, -0.2) is 9.37 Å². The molecule has 1 aliphatic rings. The Labute approximate surface area is 145 Å². The molecular weight excluding hydrogens is 325 g/mol. The average molecular weight is 347 g/mol. The van der Waals surface area contributed by atoms with Crippen molar-refractivity contribution < 1.29 is 4.39 Å². The molecule has 1 aromatic carbocycles. The second-order valence-electron chi connectivity index (χ2n) is 6.26. The molecule has 0 radical (unpaired) electrons. The number of hydrogen-bond acceptors (Lipinski definition) is 6. The minimum atomic E-state index is -0.184. The van der Waals surface area contributed by atoms with Gasteiger partial charge in [-0.3, -0.25) is 10.3 Å². The Kier molecular flexibility index (Phi) is 5.42. The Hall–Kier alpha value is -1.99. The first-order chi connectivity index (χ1) is 11.6. The van der Waals surface area contributed by atoms with E-state index < -0.39 is 0 Å². The van der Waals surface area contributed by atoms with Gasteiger partial charge in [-0.05, 0) is 43.5 Å². The number of nitrogen functional groups attached to an aromatic ring is 1. The molecule has 2 aromatic rings. The van der Waals surface area contributed by atoms with Crippen molar-refractivity contribution in [3.63, 3.8) is 0 Å². The van der Waals surface area contributed by atoms with E-state index >= 15 is 0 Å². The van der Waals surface area contributed by atoms with Gasteiger partial charge in [-0.2, -0.15) is 5.10 Å². The maximum atomic E-state index is 14.3. The number of hydrogen-bond donors (Lipinski definition) is 2. The van der Waals surface area contributed by atoms with Crippen LogP contribution in [0.25, 0.3) is 0 Å². The molecule has 0 bridgehead atoms. The molecule has 2 heterocycles. The molecule has 3 N–H and O–H groups in total. The third-order valence-electron chi connectivity index (χ3n) is 4.24. The Bertz CT molecular complexity index is 707. The number of nitrogens with one attached hydrogen (secondary N) is 1. The van der Waals surface area contributed by atoms with Crippen LogP contribution in [0.2, 0.25) is 0 Å². The van der Waals surface area contributed by atoms with Gasteiger partial charge in [0.2, 0.25) is 5.13 Å². The highest BCUT2D eigenvalue weighted by molar-refractivity contribution is 7.14. The number of nitrogens with two attached hydrogens (primary N) is 1. The van der Waals surface area contributed by atoms with Gasteiger partial charge in [0.25, 0.3) is 0 Å². The number of likely N-dealkylation sites (tertiary alicyclic amines) is 1. The number of thiazole rings is 1. The zero-order valence-electron chi connectivity index (χ0n) is 13.7. The molecule has 0 amide bonds. The lowest BCUT2D eigenvalue weighted by molar-refractivity contribution is 0.183. The van der Waals surface area contributed by atoms with Crippen molar-refractivity contribution in [2.24, 2.45) is 11.0 Å². The SMILES string of the molecule is CC1CCN(Cc2ccc(C=NNc3nc(N)cs3)cc2F)CC1. The van der Waals surface area contributed by atoms with E-state index in [2.05, 4.69) is 27.3 Å². The lowest BCUT2D eigenvalue weighted by Crippen LogP contribution is -2.32. The molecule has 1 aromatic heterocycles. The molecule has 1 fully saturated rings. The van der Waals surface area contributed by atoms with Crippen molar-refractivity contribution in [1.82, 2.24) is 9.88 Å². The Morgan fingerprint density at radius 3 is 2.92 bits per heavy atom. The lowest BCUT2D eigenvalue weighted by Gasteiger charge is -2.30. The standard InChI is InChI=1S/C17H22FN5S/c1-12-4-6-23(7-5-12)10-14-3-2-13(8-15(14)18)9-20-22-17-21-16(19)11-24-17/h2-3,8-9,11-12H,4-7,10,19H2,1H3,(H,21,22). The van der Waals surface area contributed by atoms with E-state index in [1.807, 2.05) is 12.1 Å². The second kappa shape index (κ2) is 7.72. The smallest absolute Gasteiger partial charge is 0.205 e. The minimum absolute atomic E-state index is 0.184. The molecule has 0 spiro atoms. The van der Waals surface area contributed by atoms with Crippen LogP contribution in [-0.2, 0) is 6.54 Å². The number of benzene rings is 1. The van der Waals surface area contributed by atoms with Crippen LogP contribution in [0.3, 0.4) is 0 Å². The van der Waals surface area contributed by atoms with Crippen molar-refractivity contribution in [1.29, 1.82) is 0 Å². The number of nitrogens with zero attached hydrogens (tertiary/aromatic N) is 3. The summed E-state index contributed by atoms with van der Waals surface area (Å²) < 4.78 is 14.3. The first-order valence-electron chi connectivity index (χ1n) is 8.11. The van der Waals surface area contributed by atoms with Gasteiger partial charge >= 0.3 is 0 Å². The van der Waals surface area contributed by atoms with Gasteiger partial charge in [-0.1, -0.05) is 19.1 Å². The zero-order valence-corrected chi connectivity index (χ0v) is 14.5. The Morgan fingerprint density at radius 2 is 2.25 bits per heavy atom. The normalized spacial score (nSPS) is 16.8. The van der Waals surface area contributed by atoms with Crippen molar-refractivity contribution >= 4 is 28.5 Å². The predicted molar refractivity (Wildman–Crippen MR) is 97.8 cm³/mol. The topological polar surface area (TPSA) is 66.5 Å². The molecule has 0 unspecified atom stereocenters. The summed E-state index contributed by atoms with van der Waals surface area (Å²) in [5.41, 5.74) is 9.77. The highest BCUT2D eigenvalue weighted by Gasteiger charge is 2.16. The third-order valence-corrected chi connectivity index (χ3v) is 5.01. The molecule has 0 aliphatic carbocycles. The zero-order chi connectivity index (χ0) is 16.9. The van der Waals surface area contributed by atoms with Crippen LogP contribution in [0.1, 0.15) is 30.9 Å². The van der Waals surface area contributed by atoms with Crippen molar-refractivity contribution in [2.75, 3.05) is 24.2 Å². The number of hydrazone groups is 1. The van der Waals surface area contributed by atoms with E-state index in [1.54, 1.807) is 11.6 Å².